The summed E-state index contributed by atoms with van der Waals surface area (Å²) < 4.78 is 0. The first-order chi connectivity index (χ1) is 4.30. The summed E-state index contributed by atoms with van der Waals surface area (Å²) in [5.74, 6) is 0. The van der Waals surface area contributed by atoms with E-state index in [1.54, 1.807) is 12.4 Å². The summed E-state index contributed by atoms with van der Waals surface area (Å²) in [6.07, 6.45) is 3.52. The zero-order valence-electron chi connectivity index (χ0n) is 6.23. The summed E-state index contributed by atoms with van der Waals surface area (Å²) >= 11 is 0. The second-order valence-electron chi connectivity index (χ2n) is 2.08. The highest BCUT2D eigenvalue weighted by molar-refractivity contribution is 5.85. The van der Waals surface area contributed by atoms with Crippen LogP contribution < -0.4 is 5.73 Å². The molecule has 1 rings (SSSR count). The van der Waals surface area contributed by atoms with Gasteiger partial charge in [0.25, 0.3) is 0 Å². The maximum absolute atomic E-state index is 5.57. The molecule has 1 aromatic heterocycles. The molecular weight excluding hydrogens is 183 g/mol. The molecular formula is C7H12Cl2N2. The van der Waals surface area contributed by atoms with Crippen molar-refractivity contribution in [2.24, 2.45) is 5.73 Å². The van der Waals surface area contributed by atoms with Crippen LogP contribution in [0.15, 0.2) is 24.5 Å². The number of nitrogens with zero attached hydrogens (tertiary/aromatic N) is 1. The normalized spacial score (nSPS) is 10.7. The van der Waals surface area contributed by atoms with Crippen molar-refractivity contribution in [3.05, 3.63) is 30.1 Å². The summed E-state index contributed by atoms with van der Waals surface area (Å²) in [4.78, 5) is 3.93. The van der Waals surface area contributed by atoms with Crippen LogP contribution in [0.2, 0.25) is 0 Å². The van der Waals surface area contributed by atoms with E-state index in [1.165, 1.54) is 0 Å². The first kappa shape index (κ1) is 13.3. The number of rotatable bonds is 1. The van der Waals surface area contributed by atoms with Crippen LogP contribution in [0.25, 0.3) is 0 Å². The molecule has 0 bridgehead atoms. The van der Waals surface area contributed by atoms with E-state index in [1.807, 2.05) is 19.1 Å². The van der Waals surface area contributed by atoms with Crippen LogP contribution in [0.1, 0.15) is 18.5 Å². The SMILES string of the molecule is C[C@@H](N)c1cccnc1.Cl.Cl. The number of pyridine rings is 1. The fourth-order valence-corrected chi connectivity index (χ4v) is 0.645. The smallest absolute Gasteiger partial charge is 0.0315 e. The Morgan fingerprint density at radius 2 is 2.09 bits per heavy atom. The first-order valence-corrected chi connectivity index (χ1v) is 2.96. The Hall–Kier alpha value is -0.310. The van der Waals surface area contributed by atoms with Gasteiger partial charge < -0.3 is 5.73 Å². The van der Waals surface area contributed by atoms with Gasteiger partial charge >= 0.3 is 0 Å². The molecule has 1 aromatic rings. The molecule has 0 radical (unpaired) electrons. The van der Waals surface area contributed by atoms with E-state index in [9.17, 15) is 0 Å². The summed E-state index contributed by atoms with van der Waals surface area (Å²) in [5, 5.41) is 0. The van der Waals surface area contributed by atoms with Gasteiger partial charge in [-0.05, 0) is 18.6 Å². The molecule has 4 heteroatoms. The maximum Gasteiger partial charge on any atom is 0.0315 e. The van der Waals surface area contributed by atoms with Gasteiger partial charge in [0.1, 0.15) is 0 Å². The minimum atomic E-state index is 0. The van der Waals surface area contributed by atoms with Gasteiger partial charge in [-0.2, -0.15) is 0 Å². The maximum atomic E-state index is 5.57. The quantitative estimate of drug-likeness (QED) is 0.743. The summed E-state index contributed by atoms with van der Waals surface area (Å²) in [5.41, 5.74) is 6.65. The molecule has 64 valence electrons. The zero-order valence-corrected chi connectivity index (χ0v) is 7.86. The van der Waals surface area contributed by atoms with E-state index in [-0.39, 0.29) is 30.9 Å². The Balaban J connectivity index is 0. The molecule has 0 aliphatic carbocycles. The van der Waals surface area contributed by atoms with Crippen LogP contribution in [0, 0.1) is 0 Å². The lowest BCUT2D eigenvalue weighted by atomic mass is 10.2. The van der Waals surface area contributed by atoms with Crippen molar-refractivity contribution < 1.29 is 0 Å². The monoisotopic (exact) mass is 194 g/mol. The Labute approximate surface area is 79.0 Å². The highest BCUT2D eigenvalue weighted by atomic mass is 35.5. The van der Waals surface area contributed by atoms with Crippen molar-refractivity contribution in [3.8, 4) is 0 Å². The molecule has 0 saturated heterocycles. The molecule has 0 aliphatic heterocycles. The Kier molecular flexibility index (Phi) is 7.74. The number of hydrogen-bond donors (Lipinski definition) is 1. The van der Waals surface area contributed by atoms with E-state index in [4.69, 9.17) is 5.73 Å². The van der Waals surface area contributed by atoms with Gasteiger partial charge in [-0.15, -0.1) is 24.8 Å². The van der Waals surface area contributed by atoms with Crippen LogP contribution in [-0.4, -0.2) is 4.98 Å². The minimum absolute atomic E-state index is 0. The average Bonchev–Trinajstić information content (AvgIpc) is 1.90. The second kappa shape index (κ2) is 6.40. The number of halogens is 2. The van der Waals surface area contributed by atoms with Crippen molar-refractivity contribution in [1.29, 1.82) is 0 Å². The minimum Gasteiger partial charge on any atom is -0.324 e. The summed E-state index contributed by atoms with van der Waals surface area (Å²) in [6, 6.07) is 3.95. The van der Waals surface area contributed by atoms with Crippen LogP contribution in [-0.2, 0) is 0 Å². The third-order valence-electron chi connectivity index (χ3n) is 1.21. The second-order valence-corrected chi connectivity index (χ2v) is 2.08. The fourth-order valence-electron chi connectivity index (χ4n) is 0.645. The van der Waals surface area contributed by atoms with Crippen molar-refractivity contribution >= 4 is 24.8 Å². The van der Waals surface area contributed by atoms with Gasteiger partial charge in [-0.3, -0.25) is 4.98 Å². The molecule has 0 aliphatic rings. The van der Waals surface area contributed by atoms with E-state index in [0.29, 0.717) is 0 Å². The molecule has 0 fully saturated rings. The van der Waals surface area contributed by atoms with E-state index >= 15 is 0 Å². The van der Waals surface area contributed by atoms with Gasteiger partial charge in [-0.25, -0.2) is 0 Å². The highest BCUT2D eigenvalue weighted by Gasteiger charge is 1.94. The summed E-state index contributed by atoms with van der Waals surface area (Å²) in [6.45, 7) is 1.94. The Morgan fingerprint density at radius 3 is 2.36 bits per heavy atom. The standard InChI is InChI=1S/C7H10N2.2ClH/c1-6(8)7-3-2-4-9-5-7;;/h2-6H,8H2,1H3;2*1H/t6-;;/m1../s1. The molecule has 2 nitrogen and oxygen atoms in total. The van der Waals surface area contributed by atoms with Crippen molar-refractivity contribution in [3.63, 3.8) is 0 Å². The molecule has 11 heavy (non-hydrogen) atoms. The topological polar surface area (TPSA) is 38.9 Å². The summed E-state index contributed by atoms with van der Waals surface area (Å²) in [7, 11) is 0. The lowest BCUT2D eigenvalue weighted by Crippen LogP contribution is -2.04. The van der Waals surface area contributed by atoms with Crippen molar-refractivity contribution in [2.75, 3.05) is 0 Å². The number of hydrogen-bond acceptors (Lipinski definition) is 2. The van der Waals surface area contributed by atoms with Gasteiger partial charge in [0.15, 0.2) is 0 Å². The third-order valence-corrected chi connectivity index (χ3v) is 1.21. The Bertz CT molecular complexity index is 177. The lowest BCUT2D eigenvalue weighted by molar-refractivity contribution is 0.811. The van der Waals surface area contributed by atoms with Crippen LogP contribution in [0.5, 0.6) is 0 Å². The van der Waals surface area contributed by atoms with Crippen LogP contribution in [0.3, 0.4) is 0 Å². The number of aromatic nitrogens is 1. The molecule has 0 aromatic carbocycles. The molecule has 0 spiro atoms. The van der Waals surface area contributed by atoms with Crippen LogP contribution >= 0.6 is 24.8 Å². The van der Waals surface area contributed by atoms with E-state index < -0.39 is 0 Å². The van der Waals surface area contributed by atoms with E-state index in [2.05, 4.69) is 4.98 Å². The highest BCUT2D eigenvalue weighted by Crippen LogP contribution is 2.04. The largest absolute Gasteiger partial charge is 0.324 e. The molecule has 2 N–H and O–H groups in total. The predicted octanol–water partition coefficient (Wildman–Crippen LogP) is 1.94. The third kappa shape index (κ3) is 4.19. The van der Waals surface area contributed by atoms with Crippen molar-refractivity contribution in [1.82, 2.24) is 4.98 Å². The lowest BCUT2D eigenvalue weighted by Gasteiger charge is -2.01. The van der Waals surface area contributed by atoms with Crippen LogP contribution in [0.4, 0.5) is 0 Å². The molecule has 0 unspecified atom stereocenters. The Morgan fingerprint density at radius 1 is 1.45 bits per heavy atom. The molecule has 0 saturated carbocycles. The zero-order chi connectivity index (χ0) is 6.69. The van der Waals surface area contributed by atoms with Gasteiger partial charge in [-0.1, -0.05) is 6.07 Å². The van der Waals surface area contributed by atoms with Gasteiger partial charge in [0, 0.05) is 18.4 Å². The average molecular weight is 195 g/mol. The first-order valence-electron chi connectivity index (χ1n) is 2.96. The number of nitrogens with two attached hydrogens (primary N) is 1. The van der Waals surface area contributed by atoms with E-state index in [0.717, 1.165) is 5.56 Å². The predicted molar refractivity (Wildman–Crippen MR) is 51.3 cm³/mol. The molecule has 1 heterocycles. The van der Waals surface area contributed by atoms with Gasteiger partial charge in [0.05, 0.1) is 0 Å². The molecule has 0 amide bonds. The van der Waals surface area contributed by atoms with Gasteiger partial charge in [0.2, 0.25) is 0 Å². The fraction of sp³-hybridized carbons (Fsp3) is 0.286. The van der Waals surface area contributed by atoms with Crippen molar-refractivity contribution in [2.45, 2.75) is 13.0 Å². The molecule has 1 atom stereocenters.